The highest BCUT2D eigenvalue weighted by Gasteiger charge is 2.34. The van der Waals surface area contributed by atoms with Crippen LogP contribution < -0.4 is 4.72 Å². The topological polar surface area (TPSA) is 80.3 Å². The van der Waals surface area contributed by atoms with E-state index in [4.69, 9.17) is 0 Å². The Bertz CT molecular complexity index is 449. The molecule has 0 unspecified atom stereocenters. The summed E-state index contributed by atoms with van der Waals surface area (Å²) in [6, 6.07) is 0.0681. The predicted molar refractivity (Wildman–Crippen MR) is 66.0 cm³/mol. The van der Waals surface area contributed by atoms with Crippen LogP contribution in [-0.2, 0) is 19.9 Å². The van der Waals surface area contributed by atoms with Crippen LogP contribution in [0.5, 0.6) is 0 Å². The highest BCUT2D eigenvalue weighted by Crippen LogP contribution is 2.23. The van der Waals surface area contributed by atoms with E-state index in [-0.39, 0.29) is 30.4 Å². The molecule has 0 spiro atoms. The molecular weight excluding hydrogens is 262 g/mol. The van der Waals surface area contributed by atoms with Crippen LogP contribution in [0.4, 0.5) is 0 Å². The molecule has 1 heterocycles. The lowest BCUT2D eigenvalue weighted by molar-refractivity contribution is 0.524. The smallest absolute Gasteiger partial charge is 0.214 e. The van der Waals surface area contributed by atoms with E-state index in [9.17, 15) is 16.8 Å². The van der Waals surface area contributed by atoms with Crippen molar-refractivity contribution in [1.29, 1.82) is 0 Å². The summed E-state index contributed by atoms with van der Waals surface area (Å²) in [4.78, 5) is 0. The summed E-state index contributed by atoms with van der Waals surface area (Å²) in [7, 11) is -6.33. The monoisotopic (exact) mass is 281 g/mol. The van der Waals surface area contributed by atoms with Crippen molar-refractivity contribution in [2.75, 3.05) is 11.5 Å². The maximum Gasteiger partial charge on any atom is 0.214 e. The zero-order valence-corrected chi connectivity index (χ0v) is 11.4. The van der Waals surface area contributed by atoms with Gasteiger partial charge in [-0.05, 0) is 25.7 Å². The Balaban J connectivity index is 1.96. The summed E-state index contributed by atoms with van der Waals surface area (Å²) >= 11 is 0. The fourth-order valence-electron chi connectivity index (χ4n) is 2.55. The second-order valence-electron chi connectivity index (χ2n) is 5.00. The first-order valence-corrected chi connectivity index (χ1v) is 9.47. The molecule has 1 aliphatic carbocycles. The highest BCUT2D eigenvalue weighted by molar-refractivity contribution is 7.92. The fourth-order valence-corrected chi connectivity index (χ4v) is 6.09. The molecule has 7 heteroatoms. The van der Waals surface area contributed by atoms with E-state index in [0.717, 1.165) is 25.7 Å². The minimum Gasteiger partial charge on any atom is -0.229 e. The minimum atomic E-state index is -3.33. The Hall–Kier alpha value is -0.140. The molecule has 0 aromatic carbocycles. The molecule has 0 bridgehead atoms. The summed E-state index contributed by atoms with van der Waals surface area (Å²) in [5.41, 5.74) is 0. The van der Waals surface area contributed by atoms with Crippen LogP contribution in [-0.4, -0.2) is 39.6 Å². The van der Waals surface area contributed by atoms with Gasteiger partial charge in [-0.15, -0.1) is 0 Å². The highest BCUT2D eigenvalue weighted by atomic mass is 32.2. The van der Waals surface area contributed by atoms with Gasteiger partial charge in [0.25, 0.3) is 0 Å². The molecule has 100 valence electrons. The molecular formula is C10H19NO4S2. The lowest BCUT2D eigenvalue weighted by Crippen LogP contribution is -2.43. The number of sulfonamides is 1. The largest absolute Gasteiger partial charge is 0.229 e. The standard InChI is InChI=1S/C10H19NO4S2/c12-16(13)7-5-10(6-8-16)17(14,15)11-9-3-1-2-4-9/h9-11H,1-8H2. The van der Waals surface area contributed by atoms with Gasteiger partial charge in [0.05, 0.1) is 16.8 Å². The van der Waals surface area contributed by atoms with E-state index in [2.05, 4.69) is 4.72 Å². The SMILES string of the molecule is O=S1(=O)CCC(S(=O)(=O)NC2CCCC2)CC1. The van der Waals surface area contributed by atoms with Crippen molar-refractivity contribution >= 4 is 19.9 Å². The van der Waals surface area contributed by atoms with Crippen molar-refractivity contribution in [2.24, 2.45) is 0 Å². The van der Waals surface area contributed by atoms with E-state index in [1.54, 1.807) is 0 Å². The summed E-state index contributed by atoms with van der Waals surface area (Å²) in [5.74, 6) is 0.00644. The van der Waals surface area contributed by atoms with Gasteiger partial charge >= 0.3 is 0 Å². The third-order valence-corrected chi connectivity index (χ3v) is 7.35. The molecule has 1 N–H and O–H groups in total. The average molecular weight is 281 g/mol. The summed E-state index contributed by atoms with van der Waals surface area (Å²) in [6.07, 6.45) is 4.45. The lowest BCUT2D eigenvalue weighted by Gasteiger charge is -2.24. The van der Waals surface area contributed by atoms with Crippen molar-refractivity contribution in [1.82, 2.24) is 4.72 Å². The third kappa shape index (κ3) is 3.42. The van der Waals surface area contributed by atoms with Crippen molar-refractivity contribution < 1.29 is 16.8 Å². The van der Waals surface area contributed by atoms with E-state index in [1.807, 2.05) is 0 Å². The zero-order valence-electron chi connectivity index (χ0n) is 9.76. The molecule has 1 aliphatic heterocycles. The maximum absolute atomic E-state index is 12.0. The van der Waals surface area contributed by atoms with Crippen molar-refractivity contribution in [3.8, 4) is 0 Å². The van der Waals surface area contributed by atoms with Crippen molar-refractivity contribution in [3.05, 3.63) is 0 Å². The molecule has 0 atom stereocenters. The Morgan fingerprint density at radius 1 is 0.941 bits per heavy atom. The van der Waals surface area contributed by atoms with Gasteiger partial charge in [-0.1, -0.05) is 12.8 Å². The first-order chi connectivity index (χ1) is 7.89. The van der Waals surface area contributed by atoms with Gasteiger partial charge in [0.2, 0.25) is 10.0 Å². The molecule has 0 aromatic rings. The Labute approximate surface area is 103 Å². The van der Waals surface area contributed by atoms with Crippen LogP contribution in [0.3, 0.4) is 0 Å². The van der Waals surface area contributed by atoms with Crippen LogP contribution in [0.15, 0.2) is 0 Å². The van der Waals surface area contributed by atoms with E-state index in [0.29, 0.717) is 0 Å². The number of hydrogen-bond acceptors (Lipinski definition) is 4. The molecule has 1 saturated heterocycles. The van der Waals surface area contributed by atoms with Gasteiger partial charge < -0.3 is 0 Å². The number of sulfone groups is 1. The van der Waals surface area contributed by atoms with E-state index in [1.165, 1.54) is 0 Å². The van der Waals surface area contributed by atoms with Gasteiger partial charge in [-0.3, -0.25) is 0 Å². The molecule has 1 saturated carbocycles. The molecule has 5 nitrogen and oxygen atoms in total. The predicted octanol–water partition coefficient (Wildman–Crippen LogP) is 0.426. The molecule has 0 aromatic heterocycles. The summed E-state index contributed by atoms with van der Waals surface area (Å²) in [5, 5.41) is -0.522. The maximum atomic E-state index is 12.0. The normalized spacial score (nSPS) is 27.3. The third-order valence-electron chi connectivity index (χ3n) is 3.63. The zero-order chi connectivity index (χ0) is 12.5. The van der Waals surface area contributed by atoms with Gasteiger partial charge in [0.15, 0.2) is 0 Å². The van der Waals surface area contributed by atoms with Crippen LogP contribution in [0, 0.1) is 0 Å². The Morgan fingerprint density at radius 3 is 2.00 bits per heavy atom. The quantitative estimate of drug-likeness (QED) is 0.813. The van der Waals surface area contributed by atoms with Gasteiger partial charge in [-0.25, -0.2) is 21.6 Å². The van der Waals surface area contributed by atoms with Crippen molar-refractivity contribution in [2.45, 2.75) is 49.8 Å². The van der Waals surface area contributed by atoms with Crippen LogP contribution in [0.1, 0.15) is 38.5 Å². The number of nitrogens with one attached hydrogen (secondary N) is 1. The Kier molecular flexibility index (Phi) is 3.80. The fraction of sp³-hybridized carbons (Fsp3) is 1.00. The van der Waals surface area contributed by atoms with Crippen LogP contribution >= 0.6 is 0 Å². The summed E-state index contributed by atoms with van der Waals surface area (Å²) < 4.78 is 49.3. The van der Waals surface area contributed by atoms with Crippen LogP contribution in [0.25, 0.3) is 0 Å². The van der Waals surface area contributed by atoms with Gasteiger partial charge in [0, 0.05) is 6.04 Å². The van der Waals surface area contributed by atoms with Crippen molar-refractivity contribution in [3.63, 3.8) is 0 Å². The van der Waals surface area contributed by atoms with E-state index >= 15 is 0 Å². The molecule has 0 amide bonds. The van der Waals surface area contributed by atoms with Gasteiger partial charge in [0.1, 0.15) is 9.84 Å². The van der Waals surface area contributed by atoms with Gasteiger partial charge in [-0.2, -0.15) is 0 Å². The first-order valence-electron chi connectivity index (χ1n) is 6.11. The molecule has 17 heavy (non-hydrogen) atoms. The molecule has 2 fully saturated rings. The molecule has 0 radical (unpaired) electrons. The van der Waals surface area contributed by atoms with Crippen LogP contribution in [0.2, 0.25) is 0 Å². The second kappa shape index (κ2) is 4.85. The minimum absolute atomic E-state index is 0.00322. The first kappa shape index (κ1) is 13.3. The number of rotatable bonds is 3. The second-order valence-corrected chi connectivity index (χ2v) is 9.29. The summed E-state index contributed by atoms with van der Waals surface area (Å²) in [6.45, 7) is 0. The molecule has 2 rings (SSSR count). The average Bonchev–Trinajstić information content (AvgIpc) is 2.68. The number of hydrogen-bond donors (Lipinski definition) is 1. The Morgan fingerprint density at radius 2 is 1.47 bits per heavy atom. The molecule has 2 aliphatic rings. The van der Waals surface area contributed by atoms with E-state index < -0.39 is 25.1 Å². The lowest BCUT2D eigenvalue weighted by atomic mass is 10.2.